The summed E-state index contributed by atoms with van der Waals surface area (Å²) < 4.78 is 5.35. The number of nitrogens with two attached hydrogens (primary N) is 1. The van der Waals surface area contributed by atoms with Crippen molar-refractivity contribution in [1.82, 2.24) is 9.88 Å². The third-order valence-electron chi connectivity index (χ3n) is 2.55. The summed E-state index contributed by atoms with van der Waals surface area (Å²) >= 11 is 1.39. The average molecular weight is 241 g/mol. The van der Waals surface area contributed by atoms with E-state index in [0.29, 0.717) is 18.3 Å². The number of ether oxygens (including phenoxy) is 1. The van der Waals surface area contributed by atoms with Crippen LogP contribution < -0.4 is 5.73 Å². The number of nitrogens with zero attached hydrogens (tertiary/aromatic N) is 2. The lowest BCUT2D eigenvalue weighted by atomic mass is 10.2. The molecule has 2 N–H and O–H groups in total. The standard InChI is InChI=1S/C10H15N3O2S/c1-13(5-7-6-16-10(11)12-7)9(14)8-3-2-4-15-8/h6,8H,2-5H2,1H3,(H2,11,12)/t8-/m1/s1. The Morgan fingerprint density at radius 3 is 3.19 bits per heavy atom. The Morgan fingerprint density at radius 2 is 2.62 bits per heavy atom. The normalized spacial score (nSPS) is 19.9. The quantitative estimate of drug-likeness (QED) is 0.852. The summed E-state index contributed by atoms with van der Waals surface area (Å²) in [7, 11) is 1.76. The molecule has 0 aliphatic carbocycles. The highest BCUT2D eigenvalue weighted by Crippen LogP contribution is 2.17. The fraction of sp³-hybridized carbons (Fsp3) is 0.600. The third-order valence-corrected chi connectivity index (χ3v) is 3.27. The van der Waals surface area contributed by atoms with E-state index in [9.17, 15) is 4.79 Å². The highest BCUT2D eigenvalue weighted by atomic mass is 32.1. The van der Waals surface area contributed by atoms with Gasteiger partial charge in [0, 0.05) is 19.0 Å². The second-order valence-electron chi connectivity index (χ2n) is 3.87. The maximum absolute atomic E-state index is 11.9. The summed E-state index contributed by atoms with van der Waals surface area (Å²) in [6.45, 7) is 1.18. The molecule has 0 bridgehead atoms. The predicted octanol–water partition coefficient (Wildman–Crippen LogP) is 0.863. The molecule has 0 unspecified atom stereocenters. The van der Waals surface area contributed by atoms with Crippen molar-refractivity contribution in [3.8, 4) is 0 Å². The molecular weight excluding hydrogens is 226 g/mol. The van der Waals surface area contributed by atoms with Crippen LogP contribution in [0.1, 0.15) is 18.5 Å². The monoisotopic (exact) mass is 241 g/mol. The van der Waals surface area contributed by atoms with Crippen LogP contribution >= 0.6 is 11.3 Å². The van der Waals surface area contributed by atoms with E-state index in [4.69, 9.17) is 10.5 Å². The van der Waals surface area contributed by atoms with Gasteiger partial charge in [0.05, 0.1) is 12.2 Å². The Kier molecular flexibility index (Phi) is 3.40. The summed E-state index contributed by atoms with van der Waals surface area (Å²) in [5.41, 5.74) is 6.36. The lowest BCUT2D eigenvalue weighted by molar-refractivity contribution is -0.140. The van der Waals surface area contributed by atoms with E-state index in [0.717, 1.165) is 18.5 Å². The zero-order valence-corrected chi connectivity index (χ0v) is 10.00. The molecule has 1 aliphatic rings. The summed E-state index contributed by atoms with van der Waals surface area (Å²) in [4.78, 5) is 17.7. The Bertz CT molecular complexity index is 374. The number of carbonyl (C=O) groups is 1. The molecule has 1 aliphatic heterocycles. The summed E-state index contributed by atoms with van der Waals surface area (Å²) in [5, 5.41) is 2.40. The van der Waals surface area contributed by atoms with Gasteiger partial charge in [0.15, 0.2) is 5.13 Å². The maximum Gasteiger partial charge on any atom is 0.251 e. The van der Waals surface area contributed by atoms with Gasteiger partial charge in [-0.2, -0.15) is 0 Å². The highest BCUT2D eigenvalue weighted by Gasteiger charge is 2.26. The first-order valence-corrected chi connectivity index (χ1v) is 6.11. The van der Waals surface area contributed by atoms with Crippen LogP contribution in [-0.4, -0.2) is 35.5 Å². The minimum absolute atomic E-state index is 0.0315. The van der Waals surface area contributed by atoms with Crippen molar-refractivity contribution in [2.75, 3.05) is 19.4 Å². The molecule has 1 aromatic rings. The molecule has 6 heteroatoms. The van der Waals surface area contributed by atoms with Crippen molar-refractivity contribution in [2.45, 2.75) is 25.5 Å². The van der Waals surface area contributed by atoms with Gasteiger partial charge in [0.2, 0.25) is 0 Å². The number of hydrogen-bond acceptors (Lipinski definition) is 5. The molecule has 1 amide bonds. The molecule has 0 spiro atoms. The zero-order chi connectivity index (χ0) is 11.5. The van der Waals surface area contributed by atoms with Crippen molar-refractivity contribution in [3.05, 3.63) is 11.1 Å². The van der Waals surface area contributed by atoms with Gasteiger partial charge >= 0.3 is 0 Å². The van der Waals surface area contributed by atoms with Crippen LogP contribution in [0.4, 0.5) is 5.13 Å². The van der Waals surface area contributed by atoms with E-state index in [-0.39, 0.29) is 12.0 Å². The minimum atomic E-state index is -0.263. The molecule has 88 valence electrons. The molecule has 1 fully saturated rings. The van der Waals surface area contributed by atoms with Crippen LogP contribution in [0.25, 0.3) is 0 Å². The molecule has 5 nitrogen and oxygen atoms in total. The van der Waals surface area contributed by atoms with Crippen LogP contribution in [0.5, 0.6) is 0 Å². The van der Waals surface area contributed by atoms with Gasteiger partial charge in [0.25, 0.3) is 5.91 Å². The van der Waals surface area contributed by atoms with E-state index >= 15 is 0 Å². The number of carbonyl (C=O) groups excluding carboxylic acids is 1. The second-order valence-corrected chi connectivity index (χ2v) is 4.76. The van der Waals surface area contributed by atoms with E-state index in [1.807, 2.05) is 5.38 Å². The van der Waals surface area contributed by atoms with E-state index in [1.54, 1.807) is 11.9 Å². The van der Waals surface area contributed by atoms with Crippen molar-refractivity contribution in [1.29, 1.82) is 0 Å². The summed E-state index contributed by atoms with van der Waals surface area (Å²) in [6.07, 6.45) is 1.52. The Labute approximate surface area is 98.2 Å². The van der Waals surface area contributed by atoms with Crippen LogP contribution in [0, 0.1) is 0 Å². The van der Waals surface area contributed by atoms with Gasteiger partial charge in [-0.15, -0.1) is 11.3 Å². The molecule has 2 heterocycles. The number of aromatic nitrogens is 1. The Hall–Kier alpha value is -1.14. The fourth-order valence-electron chi connectivity index (χ4n) is 1.73. The molecule has 1 aromatic heterocycles. The van der Waals surface area contributed by atoms with Crippen LogP contribution in [0.15, 0.2) is 5.38 Å². The lowest BCUT2D eigenvalue weighted by Gasteiger charge is -2.19. The number of rotatable bonds is 3. The largest absolute Gasteiger partial charge is 0.375 e. The van der Waals surface area contributed by atoms with Crippen LogP contribution in [0.3, 0.4) is 0 Å². The molecule has 2 rings (SSSR count). The molecule has 0 aromatic carbocycles. The lowest BCUT2D eigenvalue weighted by Crippen LogP contribution is -2.35. The number of hydrogen-bond donors (Lipinski definition) is 1. The molecule has 1 saturated heterocycles. The van der Waals surface area contributed by atoms with E-state index in [2.05, 4.69) is 4.98 Å². The SMILES string of the molecule is CN(Cc1csc(N)n1)C(=O)[C@H]1CCCO1. The van der Waals surface area contributed by atoms with E-state index in [1.165, 1.54) is 11.3 Å². The smallest absolute Gasteiger partial charge is 0.251 e. The third kappa shape index (κ3) is 2.51. The Morgan fingerprint density at radius 1 is 1.81 bits per heavy atom. The minimum Gasteiger partial charge on any atom is -0.375 e. The number of nitrogen functional groups attached to an aromatic ring is 1. The van der Waals surface area contributed by atoms with Crippen molar-refractivity contribution < 1.29 is 9.53 Å². The average Bonchev–Trinajstić information content (AvgIpc) is 2.88. The first-order valence-electron chi connectivity index (χ1n) is 5.23. The molecule has 1 atom stereocenters. The van der Waals surface area contributed by atoms with Gasteiger partial charge in [0.1, 0.15) is 6.10 Å². The second kappa shape index (κ2) is 4.80. The number of likely N-dealkylation sites (N-methyl/N-ethyl adjacent to an activating group) is 1. The van der Waals surface area contributed by atoms with Crippen molar-refractivity contribution in [3.63, 3.8) is 0 Å². The van der Waals surface area contributed by atoms with Gasteiger partial charge in [-0.1, -0.05) is 0 Å². The van der Waals surface area contributed by atoms with Gasteiger partial charge < -0.3 is 15.4 Å². The summed E-state index contributed by atoms with van der Waals surface area (Å²) in [6, 6.07) is 0. The number of amides is 1. The van der Waals surface area contributed by atoms with Crippen molar-refractivity contribution in [2.24, 2.45) is 0 Å². The highest BCUT2D eigenvalue weighted by molar-refractivity contribution is 7.13. The zero-order valence-electron chi connectivity index (χ0n) is 9.18. The Balaban J connectivity index is 1.91. The molecular formula is C10H15N3O2S. The number of thiazole rings is 1. The number of anilines is 1. The first-order chi connectivity index (χ1) is 7.66. The molecule has 16 heavy (non-hydrogen) atoms. The molecule has 0 radical (unpaired) electrons. The van der Waals surface area contributed by atoms with Crippen molar-refractivity contribution >= 4 is 22.4 Å². The van der Waals surface area contributed by atoms with Gasteiger partial charge in [-0.3, -0.25) is 4.79 Å². The maximum atomic E-state index is 11.9. The summed E-state index contributed by atoms with van der Waals surface area (Å²) in [5.74, 6) is 0.0315. The van der Waals surface area contributed by atoms with Crippen LogP contribution in [0.2, 0.25) is 0 Å². The van der Waals surface area contributed by atoms with Gasteiger partial charge in [-0.05, 0) is 12.8 Å². The first kappa shape index (κ1) is 11.3. The molecule has 0 saturated carbocycles. The van der Waals surface area contributed by atoms with Crippen LogP contribution in [-0.2, 0) is 16.1 Å². The predicted molar refractivity (Wildman–Crippen MR) is 62.0 cm³/mol. The fourth-order valence-corrected chi connectivity index (χ4v) is 2.29. The topological polar surface area (TPSA) is 68.5 Å². The van der Waals surface area contributed by atoms with E-state index < -0.39 is 0 Å². The van der Waals surface area contributed by atoms with Gasteiger partial charge in [-0.25, -0.2) is 4.98 Å².